The van der Waals surface area contributed by atoms with Crippen molar-refractivity contribution in [2.75, 3.05) is 12.3 Å². The number of ether oxygens (including phenoxy) is 1. The number of tetrazole rings is 1. The molecule has 0 amide bonds. The molecule has 1 aromatic heterocycles. The highest BCUT2D eigenvalue weighted by atomic mass is 16.5. The normalized spacial score (nSPS) is 11.0. The van der Waals surface area contributed by atoms with Gasteiger partial charge in [-0.15, -0.1) is 5.10 Å². The predicted octanol–water partition coefficient (Wildman–Crippen LogP) is 2.76. The molecule has 0 aliphatic rings. The Hall–Kier alpha value is -2.11. The molecule has 2 N–H and O–H groups in total. The molecule has 0 aliphatic carbocycles. The minimum absolute atomic E-state index is 0.594. The van der Waals surface area contributed by atoms with E-state index < -0.39 is 0 Å². The van der Waals surface area contributed by atoms with E-state index in [9.17, 15) is 0 Å². The molecule has 0 saturated carbocycles. The number of aromatic nitrogens is 4. The summed E-state index contributed by atoms with van der Waals surface area (Å²) in [7, 11) is 0. The van der Waals surface area contributed by atoms with Crippen LogP contribution in [0.4, 0.5) is 5.69 Å². The third kappa shape index (κ3) is 3.93. The molecule has 6 nitrogen and oxygen atoms in total. The average Bonchev–Trinajstić information content (AvgIpc) is 2.89. The first-order valence-corrected chi connectivity index (χ1v) is 7.40. The topological polar surface area (TPSA) is 78.9 Å². The van der Waals surface area contributed by atoms with Crippen LogP contribution in [0.15, 0.2) is 18.2 Å². The molecule has 21 heavy (non-hydrogen) atoms. The van der Waals surface area contributed by atoms with Gasteiger partial charge in [0.25, 0.3) is 0 Å². The van der Waals surface area contributed by atoms with Crippen LogP contribution in [0.2, 0.25) is 0 Å². The lowest BCUT2D eigenvalue weighted by Gasteiger charge is -2.09. The summed E-state index contributed by atoms with van der Waals surface area (Å²) in [5.41, 5.74) is 7.51. The summed E-state index contributed by atoms with van der Waals surface area (Å²) in [4.78, 5) is 0. The molecule has 1 heterocycles. The molecule has 6 heteroatoms. The molecule has 0 saturated heterocycles. The number of anilines is 1. The molecule has 0 spiro atoms. The fraction of sp³-hybridized carbons (Fsp3) is 0.533. The lowest BCUT2D eigenvalue weighted by molar-refractivity contribution is 0.342. The highest BCUT2D eigenvalue weighted by Gasteiger charge is 2.11. The number of nitrogens with two attached hydrogens (primary N) is 1. The van der Waals surface area contributed by atoms with Crippen molar-refractivity contribution >= 4 is 5.69 Å². The van der Waals surface area contributed by atoms with Crippen molar-refractivity contribution in [2.24, 2.45) is 5.92 Å². The Morgan fingerprint density at radius 3 is 2.81 bits per heavy atom. The van der Waals surface area contributed by atoms with Crippen LogP contribution in [0.1, 0.15) is 33.6 Å². The van der Waals surface area contributed by atoms with Crippen LogP contribution in [0, 0.1) is 5.92 Å². The molecule has 2 aromatic rings. The molecule has 0 fully saturated rings. The van der Waals surface area contributed by atoms with Crippen molar-refractivity contribution in [3.05, 3.63) is 18.2 Å². The van der Waals surface area contributed by atoms with E-state index in [1.807, 2.05) is 29.8 Å². The second kappa shape index (κ2) is 7.06. The molecule has 0 bridgehead atoms. The van der Waals surface area contributed by atoms with Crippen LogP contribution >= 0.6 is 0 Å². The smallest absolute Gasteiger partial charge is 0.182 e. The lowest BCUT2D eigenvalue weighted by Crippen LogP contribution is -2.05. The Bertz CT molecular complexity index is 579. The van der Waals surface area contributed by atoms with Crippen LogP contribution in [0.25, 0.3) is 11.4 Å². The van der Waals surface area contributed by atoms with Crippen LogP contribution in [0.5, 0.6) is 5.75 Å². The second-order valence-corrected chi connectivity index (χ2v) is 5.45. The molecule has 0 unspecified atom stereocenters. The zero-order chi connectivity index (χ0) is 15.2. The predicted molar refractivity (Wildman–Crippen MR) is 82.9 cm³/mol. The fourth-order valence-corrected chi connectivity index (χ4v) is 2.19. The summed E-state index contributed by atoms with van der Waals surface area (Å²) < 4.78 is 7.28. The highest BCUT2D eigenvalue weighted by molar-refractivity contribution is 5.66. The van der Waals surface area contributed by atoms with Gasteiger partial charge in [0.15, 0.2) is 5.82 Å². The van der Waals surface area contributed by atoms with E-state index in [4.69, 9.17) is 10.5 Å². The van der Waals surface area contributed by atoms with Gasteiger partial charge in [-0.2, -0.15) is 0 Å². The summed E-state index contributed by atoms with van der Waals surface area (Å²) in [5, 5.41) is 11.9. The number of rotatable bonds is 7. The molecule has 2 rings (SSSR count). The van der Waals surface area contributed by atoms with Crippen LogP contribution < -0.4 is 10.5 Å². The van der Waals surface area contributed by atoms with Gasteiger partial charge in [-0.25, -0.2) is 4.68 Å². The van der Waals surface area contributed by atoms with E-state index in [0.717, 1.165) is 30.8 Å². The zero-order valence-corrected chi connectivity index (χ0v) is 12.9. The van der Waals surface area contributed by atoms with Gasteiger partial charge < -0.3 is 10.5 Å². The quantitative estimate of drug-likeness (QED) is 0.793. The number of nitrogen functional groups attached to an aromatic ring is 1. The Morgan fingerprint density at radius 2 is 2.14 bits per heavy atom. The second-order valence-electron chi connectivity index (χ2n) is 5.45. The third-order valence-corrected chi connectivity index (χ3v) is 3.25. The van der Waals surface area contributed by atoms with Gasteiger partial charge in [0, 0.05) is 12.1 Å². The maximum atomic E-state index is 6.00. The number of nitrogens with zero attached hydrogens (tertiary/aromatic N) is 4. The van der Waals surface area contributed by atoms with E-state index >= 15 is 0 Å². The van der Waals surface area contributed by atoms with E-state index in [1.54, 1.807) is 0 Å². The van der Waals surface area contributed by atoms with Crippen molar-refractivity contribution in [1.82, 2.24) is 20.2 Å². The van der Waals surface area contributed by atoms with Gasteiger partial charge in [0.05, 0.1) is 12.3 Å². The van der Waals surface area contributed by atoms with Crippen molar-refractivity contribution in [1.29, 1.82) is 0 Å². The van der Waals surface area contributed by atoms with Gasteiger partial charge >= 0.3 is 0 Å². The lowest BCUT2D eigenvalue weighted by atomic mass is 10.1. The Balaban J connectivity index is 2.15. The monoisotopic (exact) mass is 289 g/mol. The maximum Gasteiger partial charge on any atom is 0.182 e. The molecule has 114 valence electrons. The van der Waals surface area contributed by atoms with E-state index in [-0.39, 0.29) is 0 Å². The van der Waals surface area contributed by atoms with Gasteiger partial charge in [-0.3, -0.25) is 0 Å². The Kier molecular flexibility index (Phi) is 5.14. The zero-order valence-electron chi connectivity index (χ0n) is 12.9. The summed E-state index contributed by atoms with van der Waals surface area (Å²) in [6.07, 6.45) is 2.22. The largest absolute Gasteiger partial charge is 0.492 e. The Morgan fingerprint density at radius 1 is 1.33 bits per heavy atom. The number of hydrogen-bond acceptors (Lipinski definition) is 5. The number of hydrogen-bond donors (Lipinski definition) is 1. The molecule has 1 aromatic carbocycles. The number of aryl methyl sites for hydroxylation is 1. The first-order chi connectivity index (χ1) is 10.1. The summed E-state index contributed by atoms with van der Waals surface area (Å²) in [6, 6.07) is 5.66. The molecule has 0 radical (unpaired) electrons. The standard InChI is InChI=1S/C15H23N5O/c1-4-21-14-8-7-12(10-13(14)16)15-17-18-19-20(15)9-5-6-11(2)3/h7-8,10-11H,4-6,9,16H2,1-3H3. The van der Waals surface area contributed by atoms with E-state index in [1.165, 1.54) is 0 Å². The molecule has 0 atom stereocenters. The first-order valence-electron chi connectivity index (χ1n) is 7.40. The average molecular weight is 289 g/mol. The highest BCUT2D eigenvalue weighted by Crippen LogP contribution is 2.27. The first kappa shape index (κ1) is 15.3. The van der Waals surface area contributed by atoms with E-state index in [0.29, 0.717) is 24.0 Å². The Labute approximate surface area is 125 Å². The maximum absolute atomic E-state index is 6.00. The van der Waals surface area contributed by atoms with Gasteiger partial charge in [-0.1, -0.05) is 13.8 Å². The SMILES string of the molecule is CCOc1ccc(-c2nnnn2CCCC(C)C)cc1N. The summed E-state index contributed by atoms with van der Waals surface area (Å²) >= 11 is 0. The minimum atomic E-state index is 0.594. The third-order valence-electron chi connectivity index (χ3n) is 3.25. The van der Waals surface area contributed by atoms with Crippen molar-refractivity contribution in [3.63, 3.8) is 0 Å². The van der Waals surface area contributed by atoms with Crippen LogP contribution in [0.3, 0.4) is 0 Å². The molecule has 0 aliphatic heterocycles. The van der Waals surface area contributed by atoms with E-state index in [2.05, 4.69) is 29.4 Å². The fourth-order valence-electron chi connectivity index (χ4n) is 2.19. The summed E-state index contributed by atoms with van der Waals surface area (Å²) in [5.74, 6) is 2.12. The minimum Gasteiger partial charge on any atom is -0.492 e. The van der Waals surface area contributed by atoms with Crippen molar-refractivity contribution in [3.8, 4) is 17.1 Å². The van der Waals surface area contributed by atoms with Gasteiger partial charge in [0.1, 0.15) is 5.75 Å². The van der Waals surface area contributed by atoms with Crippen LogP contribution in [-0.2, 0) is 6.54 Å². The molecular weight excluding hydrogens is 266 g/mol. The molecular formula is C15H23N5O. The van der Waals surface area contributed by atoms with Crippen molar-refractivity contribution < 1.29 is 4.74 Å². The van der Waals surface area contributed by atoms with Crippen LogP contribution in [-0.4, -0.2) is 26.8 Å². The van der Waals surface area contributed by atoms with Gasteiger partial charge in [-0.05, 0) is 54.3 Å². The van der Waals surface area contributed by atoms with Gasteiger partial charge in [0.2, 0.25) is 0 Å². The number of benzene rings is 1. The van der Waals surface area contributed by atoms with Crippen molar-refractivity contribution in [2.45, 2.75) is 40.2 Å². The summed E-state index contributed by atoms with van der Waals surface area (Å²) in [6.45, 7) is 7.77.